The molecule has 102 valence electrons. The Kier molecular flexibility index (Phi) is 4.08. The molecule has 0 spiro atoms. The van der Waals surface area contributed by atoms with Crippen LogP contribution in [0.2, 0.25) is 0 Å². The summed E-state index contributed by atoms with van der Waals surface area (Å²) in [7, 11) is 1.25. The third-order valence-electron chi connectivity index (χ3n) is 2.56. The number of hydrogen-bond donors (Lipinski definition) is 1. The Hall–Kier alpha value is -3.45. The zero-order valence-electron chi connectivity index (χ0n) is 11.0. The van der Waals surface area contributed by atoms with Crippen molar-refractivity contribution < 1.29 is 9.53 Å². The van der Waals surface area contributed by atoms with E-state index >= 15 is 0 Å². The van der Waals surface area contributed by atoms with Crippen LogP contribution in [0, 0.1) is 22.7 Å². The lowest BCUT2D eigenvalue weighted by Gasteiger charge is -2.07. The lowest BCUT2D eigenvalue weighted by atomic mass is 10.1. The first kappa shape index (κ1) is 14.0. The zero-order chi connectivity index (χ0) is 15.2. The van der Waals surface area contributed by atoms with Gasteiger partial charge in [-0.25, -0.2) is 9.78 Å². The maximum Gasteiger partial charge on any atom is 0.358 e. The highest BCUT2D eigenvalue weighted by atomic mass is 16.5. The van der Waals surface area contributed by atoms with Crippen LogP contribution in [0.5, 0.6) is 0 Å². The highest BCUT2D eigenvalue weighted by molar-refractivity contribution is 5.87. The van der Waals surface area contributed by atoms with Crippen LogP contribution >= 0.6 is 0 Å². The lowest BCUT2D eigenvalue weighted by Crippen LogP contribution is -2.06. The molecular weight excluding hydrogens is 270 g/mol. The Bertz CT molecular complexity index is 774. The first-order valence-corrected chi connectivity index (χ1v) is 5.79. The topological polar surface area (TPSA) is 112 Å². The number of esters is 1. The van der Waals surface area contributed by atoms with E-state index in [-0.39, 0.29) is 16.8 Å². The SMILES string of the molecule is COC(=O)c1cncc(Nc2ccc(C#N)c(C#N)c2)n1. The molecule has 7 nitrogen and oxygen atoms in total. The molecule has 1 heterocycles. The molecule has 0 bridgehead atoms. The summed E-state index contributed by atoms with van der Waals surface area (Å²) in [5, 5.41) is 20.7. The average Bonchev–Trinajstić information content (AvgIpc) is 2.54. The van der Waals surface area contributed by atoms with Crippen LogP contribution in [0.25, 0.3) is 0 Å². The zero-order valence-corrected chi connectivity index (χ0v) is 11.0. The minimum Gasteiger partial charge on any atom is -0.464 e. The fraction of sp³-hybridized carbons (Fsp3) is 0.0714. The summed E-state index contributed by atoms with van der Waals surface area (Å²) in [6, 6.07) is 8.54. The van der Waals surface area contributed by atoms with Crippen molar-refractivity contribution in [2.24, 2.45) is 0 Å². The molecule has 0 aliphatic carbocycles. The van der Waals surface area contributed by atoms with Crippen LogP contribution < -0.4 is 5.32 Å². The minimum absolute atomic E-state index is 0.0663. The molecule has 0 fully saturated rings. The monoisotopic (exact) mass is 279 g/mol. The molecule has 0 amide bonds. The Balaban J connectivity index is 2.29. The van der Waals surface area contributed by atoms with E-state index in [1.165, 1.54) is 31.6 Å². The Morgan fingerprint density at radius 2 is 2.00 bits per heavy atom. The standard InChI is InChI=1S/C14H9N5O2/c1-21-14(20)12-7-17-8-13(19-12)18-11-3-2-9(5-15)10(4-11)6-16/h2-4,7-8H,1H3,(H,18,19). The van der Waals surface area contributed by atoms with Gasteiger partial charge in [-0.15, -0.1) is 0 Å². The summed E-state index contributed by atoms with van der Waals surface area (Å²) in [6.45, 7) is 0. The largest absolute Gasteiger partial charge is 0.464 e. The van der Waals surface area contributed by atoms with Gasteiger partial charge in [0.25, 0.3) is 0 Å². The molecule has 0 aliphatic rings. The van der Waals surface area contributed by atoms with Gasteiger partial charge in [-0.3, -0.25) is 4.98 Å². The molecule has 0 aliphatic heterocycles. The van der Waals surface area contributed by atoms with Gasteiger partial charge in [0.15, 0.2) is 5.69 Å². The molecule has 1 aromatic heterocycles. The second kappa shape index (κ2) is 6.13. The number of aromatic nitrogens is 2. The van der Waals surface area contributed by atoms with E-state index in [4.69, 9.17) is 10.5 Å². The summed E-state index contributed by atoms with van der Waals surface area (Å²) >= 11 is 0. The summed E-state index contributed by atoms with van der Waals surface area (Å²) in [4.78, 5) is 19.3. The molecule has 1 aromatic carbocycles. The summed E-state index contributed by atoms with van der Waals surface area (Å²) in [5.74, 6) is -0.268. The number of nitrogens with zero attached hydrogens (tertiary/aromatic N) is 4. The molecule has 0 saturated carbocycles. The Labute approximate surface area is 120 Å². The van der Waals surface area contributed by atoms with Crippen molar-refractivity contribution in [1.82, 2.24) is 9.97 Å². The third kappa shape index (κ3) is 3.11. The molecule has 2 aromatic rings. The second-order valence-corrected chi connectivity index (χ2v) is 3.89. The fourth-order valence-corrected chi connectivity index (χ4v) is 1.59. The quantitative estimate of drug-likeness (QED) is 0.851. The van der Waals surface area contributed by atoms with Crippen molar-refractivity contribution >= 4 is 17.5 Å². The third-order valence-corrected chi connectivity index (χ3v) is 2.56. The maximum absolute atomic E-state index is 11.4. The van der Waals surface area contributed by atoms with E-state index < -0.39 is 5.97 Å². The Morgan fingerprint density at radius 3 is 2.67 bits per heavy atom. The molecule has 7 heteroatoms. The van der Waals surface area contributed by atoms with Crippen molar-refractivity contribution in [3.05, 3.63) is 47.4 Å². The van der Waals surface area contributed by atoms with E-state index in [0.29, 0.717) is 11.5 Å². The number of nitriles is 2. The van der Waals surface area contributed by atoms with Crippen LogP contribution in [-0.2, 0) is 4.74 Å². The van der Waals surface area contributed by atoms with Gasteiger partial charge in [0.1, 0.15) is 18.0 Å². The predicted octanol–water partition coefficient (Wildman–Crippen LogP) is 1.75. The maximum atomic E-state index is 11.4. The Morgan fingerprint density at radius 1 is 1.24 bits per heavy atom. The lowest BCUT2D eigenvalue weighted by molar-refractivity contribution is 0.0593. The molecule has 1 N–H and O–H groups in total. The molecule has 2 rings (SSSR count). The van der Waals surface area contributed by atoms with Crippen LogP contribution in [0.4, 0.5) is 11.5 Å². The van der Waals surface area contributed by atoms with Gasteiger partial charge in [0.2, 0.25) is 0 Å². The number of anilines is 2. The van der Waals surface area contributed by atoms with E-state index in [2.05, 4.69) is 20.0 Å². The number of carbonyl (C=O) groups is 1. The van der Waals surface area contributed by atoms with Crippen molar-refractivity contribution in [3.8, 4) is 12.1 Å². The molecular formula is C14H9N5O2. The van der Waals surface area contributed by atoms with E-state index in [0.717, 1.165) is 0 Å². The minimum atomic E-state index is -0.594. The van der Waals surface area contributed by atoms with Crippen LogP contribution in [0.15, 0.2) is 30.6 Å². The number of carbonyl (C=O) groups excluding carboxylic acids is 1. The van der Waals surface area contributed by atoms with Crippen molar-refractivity contribution in [2.75, 3.05) is 12.4 Å². The van der Waals surface area contributed by atoms with Gasteiger partial charge < -0.3 is 10.1 Å². The highest BCUT2D eigenvalue weighted by Crippen LogP contribution is 2.18. The molecule has 0 unspecified atom stereocenters. The molecule has 21 heavy (non-hydrogen) atoms. The van der Waals surface area contributed by atoms with Crippen LogP contribution in [0.3, 0.4) is 0 Å². The molecule has 0 radical (unpaired) electrons. The number of nitrogens with one attached hydrogen (secondary N) is 1. The average molecular weight is 279 g/mol. The number of hydrogen-bond acceptors (Lipinski definition) is 7. The number of benzene rings is 1. The van der Waals surface area contributed by atoms with Gasteiger partial charge in [-0.1, -0.05) is 0 Å². The van der Waals surface area contributed by atoms with Crippen LogP contribution in [-0.4, -0.2) is 23.0 Å². The number of rotatable bonds is 3. The first-order valence-electron chi connectivity index (χ1n) is 5.79. The van der Waals surface area contributed by atoms with E-state index in [1.54, 1.807) is 6.07 Å². The summed E-state index contributed by atoms with van der Waals surface area (Å²) in [5.41, 5.74) is 1.16. The first-order chi connectivity index (χ1) is 10.2. The van der Waals surface area contributed by atoms with E-state index in [9.17, 15) is 4.79 Å². The summed E-state index contributed by atoms with van der Waals surface area (Å²) in [6.07, 6.45) is 2.72. The smallest absolute Gasteiger partial charge is 0.358 e. The molecule has 0 saturated heterocycles. The fourth-order valence-electron chi connectivity index (χ4n) is 1.59. The van der Waals surface area contributed by atoms with Gasteiger partial charge in [0, 0.05) is 5.69 Å². The predicted molar refractivity (Wildman–Crippen MR) is 72.5 cm³/mol. The van der Waals surface area contributed by atoms with Gasteiger partial charge in [0.05, 0.1) is 30.6 Å². The highest BCUT2D eigenvalue weighted by Gasteiger charge is 2.09. The summed E-state index contributed by atoms with van der Waals surface area (Å²) < 4.78 is 4.56. The van der Waals surface area contributed by atoms with Crippen molar-refractivity contribution in [2.45, 2.75) is 0 Å². The van der Waals surface area contributed by atoms with Gasteiger partial charge in [-0.05, 0) is 18.2 Å². The van der Waals surface area contributed by atoms with Gasteiger partial charge >= 0.3 is 5.97 Å². The second-order valence-electron chi connectivity index (χ2n) is 3.89. The molecule has 0 atom stereocenters. The van der Waals surface area contributed by atoms with Crippen LogP contribution in [0.1, 0.15) is 21.6 Å². The normalized spacial score (nSPS) is 9.29. The number of methoxy groups -OCH3 is 1. The van der Waals surface area contributed by atoms with Crippen molar-refractivity contribution in [3.63, 3.8) is 0 Å². The van der Waals surface area contributed by atoms with Gasteiger partial charge in [-0.2, -0.15) is 10.5 Å². The van der Waals surface area contributed by atoms with Crippen molar-refractivity contribution in [1.29, 1.82) is 10.5 Å². The number of ether oxygens (including phenoxy) is 1. The van der Waals surface area contributed by atoms with E-state index in [1.807, 2.05) is 12.1 Å².